The van der Waals surface area contributed by atoms with Crippen LogP contribution in [0.3, 0.4) is 0 Å². The lowest BCUT2D eigenvalue weighted by atomic mass is 10.2. The highest BCUT2D eigenvalue weighted by Gasteiger charge is 2.10. The van der Waals surface area contributed by atoms with Gasteiger partial charge in [-0.2, -0.15) is 5.10 Å². The molecule has 0 saturated heterocycles. The van der Waals surface area contributed by atoms with E-state index in [0.29, 0.717) is 28.0 Å². The van der Waals surface area contributed by atoms with Crippen molar-refractivity contribution in [3.8, 4) is 11.5 Å². The van der Waals surface area contributed by atoms with Gasteiger partial charge in [-0.1, -0.05) is 28.1 Å². The Morgan fingerprint density at radius 2 is 2.09 bits per heavy atom. The average molecular weight is 442 g/mol. The number of aromatic hydroxyl groups is 1. The van der Waals surface area contributed by atoms with Crippen molar-refractivity contribution in [1.82, 2.24) is 5.43 Å². The van der Waals surface area contributed by atoms with Crippen molar-refractivity contribution in [2.24, 2.45) is 5.10 Å². The van der Waals surface area contributed by atoms with E-state index in [1.165, 1.54) is 6.21 Å². The zero-order chi connectivity index (χ0) is 16.8. The van der Waals surface area contributed by atoms with Crippen LogP contribution in [0.2, 0.25) is 0 Å². The van der Waals surface area contributed by atoms with Crippen LogP contribution >= 0.6 is 31.9 Å². The Kier molecular flexibility index (Phi) is 6.18. The number of hydrogen-bond donors (Lipinski definition) is 2. The molecular formula is C16H14Br2N2O3. The molecule has 0 aliphatic heterocycles. The minimum Gasteiger partial charge on any atom is -0.504 e. The first-order valence-electron chi connectivity index (χ1n) is 6.76. The molecule has 0 bridgehead atoms. The summed E-state index contributed by atoms with van der Waals surface area (Å²) in [6, 6.07) is 10.4. The maximum Gasteiger partial charge on any atom is 0.272 e. The molecule has 0 heterocycles. The predicted octanol–water partition coefficient (Wildman–Crippen LogP) is 4.08. The standard InChI is InChI=1S/C16H14Br2N2O3/c1-2-23-14-8-11(17)7-10(15(14)21)9-19-20-16(22)12-5-3-4-6-13(12)18/h3-9,21H,2H2,1H3,(H,20,22)/b19-9+. The molecule has 0 aliphatic rings. The van der Waals surface area contributed by atoms with Crippen molar-refractivity contribution in [2.45, 2.75) is 6.92 Å². The number of hydrogen-bond acceptors (Lipinski definition) is 4. The number of halogens is 2. The molecule has 0 radical (unpaired) electrons. The number of phenolic OH excluding ortho intramolecular Hbond substituents is 1. The van der Waals surface area contributed by atoms with Crippen LogP contribution in [0, 0.1) is 0 Å². The molecule has 2 aromatic carbocycles. The maximum absolute atomic E-state index is 12.0. The molecule has 23 heavy (non-hydrogen) atoms. The van der Waals surface area contributed by atoms with Gasteiger partial charge in [0.1, 0.15) is 0 Å². The molecule has 0 spiro atoms. The smallest absolute Gasteiger partial charge is 0.272 e. The number of hydrazone groups is 1. The molecule has 120 valence electrons. The zero-order valence-corrected chi connectivity index (χ0v) is 15.4. The fraction of sp³-hybridized carbons (Fsp3) is 0.125. The SMILES string of the molecule is CCOc1cc(Br)cc(/C=N/NC(=O)c2ccccc2Br)c1O. The first-order chi connectivity index (χ1) is 11.0. The van der Waals surface area contributed by atoms with E-state index in [4.69, 9.17) is 4.74 Å². The molecule has 2 N–H and O–H groups in total. The Bertz CT molecular complexity index is 748. The van der Waals surface area contributed by atoms with Gasteiger partial charge in [-0.05, 0) is 47.1 Å². The van der Waals surface area contributed by atoms with Crippen LogP contribution in [-0.2, 0) is 0 Å². The van der Waals surface area contributed by atoms with Gasteiger partial charge in [-0.25, -0.2) is 5.43 Å². The average Bonchev–Trinajstić information content (AvgIpc) is 2.52. The highest BCUT2D eigenvalue weighted by molar-refractivity contribution is 9.10. The van der Waals surface area contributed by atoms with E-state index in [9.17, 15) is 9.90 Å². The number of carbonyl (C=O) groups is 1. The van der Waals surface area contributed by atoms with Crippen molar-refractivity contribution < 1.29 is 14.6 Å². The zero-order valence-electron chi connectivity index (χ0n) is 12.2. The lowest BCUT2D eigenvalue weighted by Crippen LogP contribution is -2.18. The number of ether oxygens (including phenoxy) is 1. The summed E-state index contributed by atoms with van der Waals surface area (Å²) in [6.45, 7) is 2.26. The number of carbonyl (C=O) groups excluding carboxylic acids is 1. The van der Waals surface area contributed by atoms with Gasteiger partial charge in [0.25, 0.3) is 5.91 Å². The summed E-state index contributed by atoms with van der Waals surface area (Å²) in [7, 11) is 0. The first kappa shape index (κ1) is 17.5. The highest BCUT2D eigenvalue weighted by Crippen LogP contribution is 2.32. The number of nitrogens with one attached hydrogen (secondary N) is 1. The fourth-order valence-corrected chi connectivity index (χ4v) is 2.74. The molecule has 0 fully saturated rings. The second kappa shape index (κ2) is 8.12. The summed E-state index contributed by atoms with van der Waals surface area (Å²) in [5.74, 6) is -0.0392. The van der Waals surface area contributed by atoms with Gasteiger partial charge >= 0.3 is 0 Å². The maximum atomic E-state index is 12.0. The molecule has 2 rings (SSSR count). The van der Waals surface area contributed by atoms with E-state index in [1.807, 2.05) is 13.0 Å². The third-order valence-corrected chi connectivity index (χ3v) is 4.01. The summed E-state index contributed by atoms with van der Waals surface area (Å²) in [4.78, 5) is 12.0. The Hall–Kier alpha value is -1.86. The number of nitrogens with zero attached hydrogens (tertiary/aromatic N) is 1. The van der Waals surface area contributed by atoms with Crippen molar-refractivity contribution in [3.05, 3.63) is 56.5 Å². The van der Waals surface area contributed by atoms with Crippen LogP contribution in [0.25, 0.3) is 0 Å². The second-order valence-corrected chi connectivity index (χ2v) is 6.22. The topological polar surface area (TPSA) is 70.9 Å². The van der Waals surface area contributed by atoms with E-state index < -0.39 is 0 Å². The third-order valence-electron chi connectivity index (χ3n) is 2.86. The van der Waals surface area contributed by atoms with E-state index in [0.717, 1.165) is 4.47 Å². The van der Waals surface area contributed by atoms with Gasteiger partial charge in [-0.3, -0.25) is 4.79 Å². The van der Waals surface area contributed by atoms with E-state index in [-0.39, 0.29) is 11.7 Å². The normalized spacial score (nSPS) is 10.7. The Labute approximate surface area is 150 Å². The van der Waals surface area contributed by atoms with Crippen LogP contribution in [0.15, 0.2) is 50.4 Å². The summed E-state index contributed by atoms with van der Waals surface area (Å²) < 4.78 is 6.75. The molecule has 2 aromatic rings. The van der Waals surface area contributed by atoms with Crippen LogP contribution in [0.5, 0.6) is 11.5 Å². The third kappa shape index (κ3) is 4.56. The largest absolute Gasteiger partial charge is 0.504 e. The van der Waals surface area contributed by atoms with Crippen molar-refractivity contribution in [2.75, 3.05) is 6.61 Å². The van der Waals surface area contributed by atoms with Crippen molar-refractivity contribution in [3.63, 3.8) is 0 Å². The Balaban J connectivity index is 2.15. The monoisotopic (exact) mass is 440 g/mol. The van der Waals surface area contributed by atoms with Crippen molar-refractivity contribution >= 4 is 44.0 Å². The lowest BCUT2D eigenvalue weighted by Gasteiger charge is -2.08. The molecule has 0 aliphatic carbocycles. The molecule has 1 amide bonds. The summed E-state index contributed by atoms with van der Waals surface area (Å²) >= 11 is 6.64. The summed E-state index contributed by atoms with van der Waals surface area (Å²) in [5, 5.41) is 14.0. The lowest BCUT2D eigenvalue weighted by molar-refractivity contribution is 0.0954. The second-order valence-electron chi connectivity index (χ2n) is 4.45. The van der Waals surface area contributed by atoms with Crippen molar-refractivity contribution in [1.29, 1.82) is 0 Å². The number of phenols is 1. The highest BCUT2D eigenvalue weighted by atomic mass is 79.9. The van der Waals surface area contributed by atoms with Crippen LogP contribution in [-0.4, -0.2) is 23.8 Å². The summed E-state index contributed by atoms with van der Waals surface area (Å²) in [6.07, 6.45) is 1.36. The molecule has 5 nitrogen and oxygen atoms in total. The van der Waals surface area contributed by atoms with Gasteiger partial charge in [0.05, 0.1) is 18.4 Å². The van der Waals surface area contributed by atoms with Crippen LogP contribution in [0.4, 0.5) is 0 Å². The predicted molar refractivity (Wildman–Crippen MR) is 96.2 cm³/mol. The molecule has 0 unspecified atom stereocenters. The molecule has 0 atom stereocenters. The summed E-state index contributed by atoms with van der Waals surface area (Å²) in [5.41, 5.74) is 3.32. The first-order valence-corrected chi connectivity index (χ1v) is 8.34. The molecular weight excluding hydrogens is 428 g/mol. The van der Waals surface area contributed by atoms with E-state index >= 15 is 0 Å². The van der Waals surface area contributed by atoms with E-state index in [2.05, 4.69) is 42.4 Å². The van der Waals surface area contributed by atoms with Crippen LogP contribution in [0.1, 0.15) is 22.8 Å². The minimum atomic E-state index is -0.353. The minimum absolute atomic E-state index is 0.0334. The fourth-order valence-electron chi connectivity index (χ4n) is 1.82. The molecule has 0 saturated carbocycles. The Morgan fingerprint density at radius 3 is 2.78 bits per heavy atom. The van der Waals surface area contributed by atoms with Gasteiger partial charge in [0, 0.05) is 14.5 Å². The van der Waals surface area contributed by atoms with E-state index in [1.54, 1.807) is 30.3 Å². The van der Waals surface area contributed by atoms with Crippen LogP contribution < -0.4 is 10.2 Å². The molecule has 0 aromatic heterocycles. The van der Waals surface area contributed by atoms with Gasteiger partial charge in [-0.15, -0.1) is 0 Å². The molecule has 7 heteroatoms. The number of rotatable bonds is 5. The quantitative estimate of drug-likeness (QED) is 0.542. The number of amides is 1. The van der Waals surface area contributed by atoms with Gasteiger partial charge in [0.15, 0.2) is 11.5 Å². The van der Waals surface area contributed by atoms with Gasteiger partial charge in [0.2, 0.25) is 0 Å². The Morgan fingerprint density at radius 1 is 1.35 bits per heavy atom. The number of benzene rings is 2. The van der Waals surface area contributed by atoms with Gasteiger partial charge < -0.3 is 9.84 Å².